The number of nitrogens with zero attached hydrogens (tertiary/aromatic N) is 4. The van der Waals surface area contributed by atoms with E-state index < -0.39 is 0 Å². The van der Waals surface area contributed by atoms with Crippen molar-refractivity contribution in [2.75, 3.05) is 12.8 Å². The number of carbonyl (C=O) groups excluding carboxylic acids is 1. The molecule has 1 aromatic carbocycles. The number of hydrogen-bond donors (Lipinski definition) is 1. The van der Waals surface area contributed by atoms with Gasteiger partial charge >= 0.3 is 0 Å². The smallest absolute Gasteiger partial charge is 0.246 e. The largest absolute Gasteiger partial charge is 0.368 e. The zero-order valence-corrected chi connectivity index (χ0v) is 14.6. The number of fused-ring (bicyclic) bond motifs is 1. The van der Waals surface area contributed by atoms with Gasteiger partial charge in [0.1, 0.15) is 0 Å². The van der Waals surface area contributed by atoms with Crippen LogP contribution in [0.15, 0.2) is 42.7 Å². The van der Waals surface area contributed by atoms with Gasteiger partial charge in [-0.1, -0.05) is 18.2 Å². The lowest BCUT2D eigenvalue weighted by Gasteiger charge is -2.15. The van der Waals surface area contributed by atoms with Crippen molar-refractivity contribution < 1.29 is 4.79 Å². The van der Waals surface area contributed by atoms with Crippen LogP contribution in [0, 0.1) is 6.92 Å². The van der Waals surface area contributed by atoms with Crippen LogP contribution in [0.4, 0.5) is 5.95 Å². The first-order valence-electron chi connectivity index (χ1n) is 8.01. The first-order valence-corrected chi connectivity index (χ1v) is 8.01. The summed E-state index contributed by atoms with van der Waals surface area (Å²) in [6.45, 7) is 2.63. The van der Waals surface area contributed by atoms with Gasteiger partial charge in [0.2, 0.25) is 11.9 Å². The number of rotatable bonds is 4. The minimum absolute atomic E-state index is 0.0795. The average molecular weight is 335 g/mol. The van der Waals surface area contributed by atoms with Crippen molar-refractivity contribution in [1.29, 1.82) is 0 Å². The monoisotopic (exact) mass is 335 g/mol. The zero-order chi connectivity index (χ0) is 18.0. The number of para-hydroxylation sites is 1. The Morgan fingerprint density at radius 1 is 1.28 bits per heavy atom. The van der Waals surface area contributed by atoms with E-state index in [9.17, 15) is 4.79 Å². The molecule has 0 saturated heterocycles. The Balaban J connectivity index is 1.78. The number of likely N-dealkylation sites (N-methyl/N-ethyl adjacent to an activating group) is 1. The molecule has 0 radical (unpaired) electrons. The maximum atomic E-state index is 12.4. The Hall–Kier alpha value is -3.15. The molecule has 6 nitrogen and oxygen atoms in total. The van der Waals surface area contributed by atoms with Gasteiger partial charge in [-0.15, -0.1) is 0 Å². The Labute approximate surface area is 146 Å². The van der Waals surface area contributed by atoms with Crippen molar-refractivity contribution in [3.63, 3.8) is 0 Å². The summed E-state index contributed by atoms with van der Waals surface area (Å²) in [5.74, 6) is 0.135. The number of anilines is 1. The fourth-order valence-electron chi connectivity index (χ4n) is 2.84. The number of aromatic nitrogens is 3. The molecule has 2 heterocycles. The van der Waals surface area contributed by atoms with E-state index in [1.807, 2.05) is 19.2 Å². The van der Waals surface area contributed by atoms with Crippen LogP contribution in [0.2, 0.25) is 0 Å². The lowest BCUT2D eigenvalue weighted by Crippen LogP contribution is -2.24. The van der Waals surface area contributed by atoms with Crippen LogP contribution in [-0.4, -0.2) is 32.4 Å². The molecule has 0 bridgehead atoms. The molecule has 3 rings (SSSR count). The highest BCUT2D eigenvalue weighted by molar-refractivity contribution is 5.92. The molecular formula is C19H21N5O. The summed E-state index contributed by atoms with van der Waals surface area (Å²) < 4.78 is 2.16. The Kier molecular flexibility index (Phi) is 4.52. The molecular weight excluding hydrogens is 314 g/mol. The van der Waals surface area contributed by atoms with Gasteiger partial charge in [0.05, 0.1) is 0 Å². The summed E-state index contributed by atoms with van der Waals surface area (Å²) in [5, 5.41) is 1.18. The first-order chi connectivity index (χ1) is 12.0. The van der Waals surface area contributed by atoms with Crippen molar-refractivity contribution in [2.45, 2.75) is 13.5 Å². The third-order valence-corrected chi connectivity index (χ3v) is 4.41. The third-order valence-electron chi connectivity index (χ3n) is 4.41. The van der Waals surface area contributed by atoms with Gasteiger partial charge in [0.15, 0.2) is 0 Å². The van der Waals surface area contributed by atoms with Gasteiger partial charge in [0, 0.05) is 61.3 Å². The van der Waals surface area contributed by atoms with E-state index in [4.69, 9.17) is 5.73 Å². The number of hydrogen-bond acceptors (Lipinski definition) is 4. The highest BCUT2D eigenvalue weighted by Crippen LogP contribution is 2.25. The quantitative estimate of drug-likeness (QED) is 0.743. The first kappa shape index (κ1) is 16.7. The zero-order valence-electron chi connectivity index (χ0n) is 14.6. The fraction of sp³-hybridized carbons (Fsp3) is 0.211. The molecule has 3 aromatic rings. The SMILES string of the molecule is Cc1c(CN(C)C(=O)C=Cc2cnc(N)nc2)c2ccccc2n1C. The Morgan fingerprint density at radius 2 is 1.96 bits per heavy atom. The van der Waals surface area contributed by atoms with Crippen molar-refractivity contribution in [2.24, 2.45) is 7.05 Å². The van der Waals surface area contributed by atoms with E-state index in [1.54, 1.807) is 30.4 Å². The molecule has 0 aliphatic carbocycles. The molecule has 1 amide bonds. The molecule has 0 aliphatic heterocycles. The Bertz CT molecular complexity index is 940. The van der Waals surface area contributed by atoms with Gasteiger partial charge in [-0.25, -0.2) is 9.97 Å². The minimum Gasteiger partial charge on any atom is -0.368 e. The predicted molar refractivity (Wildman–Crippen MR) is 99.6 cm³/mol. The summed E-state index contributed by atoms with van der Waals surface area (Å²) in [6, 6.07) is 8.23. The van der Waals surface area contributed by atoms with Gasteiger partial charge in [-0.3, -0.25) is 4.79 Å². The Morgan fingerprint density at radius 3 is 2.68 bits per heavy atom. The van der Waals surface area contributed by atoms with Crippen LogP contribution in [0.1, 0.15) is 16.8 Å². The van der Waals surface area contributed by atoms with Crippen LogP contribution in [0.3, 0.4) is 0 Å². The summed E-state index contributed by atoms with van der Waals surface area (Å²) in [6.07, 6.45) is 6.38. The maximum absolute atomic E-state index is 12.4. The highest BCUT2D eigenvalue weighted by Gasteiger charge is 2.14. The van der Waals surface area contributed by atoms with E-state index >= 15 is 0 Å². The summed E-state index contributed by atoms with van der Waals surface area (Å²) in [7, 11) is 3.84. The minimum atomic E-state index is -0.0795. The van der Waals surface area contributed by atoms with Crippen molar-refractivity contribution in [1.82, 2.24) is 19.4 Å². The lowest BCUT2D eigenvalue weighted by molar-refractivity contribution is -0.125. The van der Waals surface area contributed by atoms with Gasteiger partial charge in [0.25, 0.3) is 0 Å². The van der Waals surface area contributed by atoms with Crippen molar-refractivity contribution >= 4 is 28.8 Å². The molecule has 0 spiro atoms. The highest BCUT2D eigenvalue weighted by atomic mass is 16.2. The standard InChI is InChI=1S/C19H21N5O/c1-13-16(15-6-4-5-7-17(15)24(13)3)12-23(2)18(25)9-8-14-10-21-19(20)22-11-14/h4-11H,12H2,1-3H3,(H2,20,21,22). The van der Waals surface area contributed by atoms with Crippen LogP contribution in [0.25, 0.3) is 17.0 Å². The van der Waals surface area contributed by atoms with Gasteiger partial charge in [-0.2, -0.15) is 0 Å². The summed E-state index contributed by atoms with van der Waals surface area (Å²) in [5.41, 5.74) is 9.69. The predicted octanol–water partition coefficient (Wildman–Crippen LogP) is 2.53. The van der Waals surface area contributed by atoms with Crippen LogP contribution in [0.5, 0.6) is 0 Å². The topological polar surface area (TPSA) is 77.0 Å². The number of aryl methyl sites for hydroxylation is 1. The van der Waals surface area contributed by atoms with Crippen LogP contribution >= 0.6 is 0 Å². The second-order valence-electron chi connectivity index (χ2n) is 6.04. The van der Waals surface area contributed by atoms with Crippen LogP contribution in [-0.2, 0) is 18.4 Å². The lowest BCUT2D eigenvalue weighted by atomic mass is 10.1. The normalized spacial score (nSPS) is 11.3. The number of benzene rings is 1. The second kappa shape index (κ2) is 6.76. The fourth-order valence-corrected chi connectivity index (χ4v) is 2.84. The average Bonchev–Trinajstić information content (AvgIpc) is 2.86. The summed E-state index contributed by atoms with van der Waals surface area (Å²) in [4.78, 5) is 21.9. The summed E-state index contributed by atoms with van der Waals surface area (Å²) >= 11 is 0. The second-order valence-corrected chi connectivity index (χ2v) is 6.04. The van der Waals surface area contributed by atoms with E-state index in [0.29, 0.717) is 6.54 Å². The molecule has 25 heavy (non-hydrogen) atoms. The third kappa shape index (κ3) is 3.38. The van der Waals surface area contributed by atoms with Crippen molar-refractivity contribution in [3.05, 3.63) is 59.6 Å². The number of nitrogen functional groups attached to an aromatic ring is 1. The maximum Gasteiger partial charge on any atom is 0.246 e. The number of nitrogens with two attached hydrogens (primary N) is 1. The molecule has 2 N–H and O–H groups in total. The van der Waals surface area contributed by atoms with E-state index in [2.05, 4.69) is 33.6 Å². The molecule has 2 aromatic heterocycles. The molecule has 0 saturated carbocycles. The molecule has 0 atom stereocenters. The van der Waals surface area contributed by atoms with E-state index in [-0.39, 0.29) is 11.9 Å². The van der Waals surface area contributed by atoms with Crippen LogP contribution < -0.4 is 5.73 Å². The molecule has 6 heteroatoms. The number of amides is 1. The van der Waals surface area contributed by atoms with Crippen molar-refractivity contribution in [3.8, 4) is 0 Å². The molecule has 0 unspecified atom stereocenters. The van der Waals surface area contributed by atoms with E-state index in [0.717, 1.165) is 16.8 Å². The molecule has 0 fully saturated rings. The molecule has 0 aliphatic rings. The van der Waals surface area contributed by atoms with Gasteiger partial charge in [-0.05, 0) is 24.6 Å². The van der Waals surface area contributed by atoms with Gasteiger partial charge < -0.3 is 15.2 Å². The van der Waals surface area contributed by atoms with E-state index in [1.165, 1.54) is 17.0 Å². The number of carbonyl (C=O) groups is 1. The molecule has 128 valence electrons.